The monoisotopic (exact) mass is 797 g/mol. The number of nitrogens with one attached hydrogen (secondary N) is 1. The lowest BCUT2D eigenvalue weighted by atomic mass is 9.94. The number of fused-ring (bicyclic) bond motifs is 1. The number of hydrogen-bond donors (Lipinski definition) is 3. The van der Waals surface area contributed by atoms with Crippen LogP contribution in [0.2, 0.25) is 0 Å². The molecule has 6 rings (SSSR count). The maximum absolute atomic E-state index is 15.6. The van der Waals surface area contributed by atoms with Crippen LogP contribution in [0.15, 0.2) is 108 Å². The molecule has 1 aliphatic rings. The van der Waals surface area contributed by atoms with Crippen LogP contribution in [0.3, 0.4) is 0 Å². The van der Waals surface area contributed by atoms with Crippen molar-refractivity contribution in [1.82, 2.24) is 25.1 Å². The van der Waals surface area contributed by atoms with Crippen molar-refractivity contribution >= 4 is 12.1 Å². The normalized spacial score (nSPS) is 14.4. The van der Waals surface area contributed by atoms with E-state index in [2.05, 4.69) is 25.4 Å². The molecule has 3 heterocycles. The number of aliphatic hydroxyl groups is 1. The lowest BCUT2D eigenvalue weighted by Gasteiger charge is -2.25. The van der Waals surface area contributed by atoms with Crippen molar-refractivity contribution in [2.75, 3.05) is 0 Å². The van der Waals surface area contributed by atoms with E-state index >= 15 is 8.78 Å². The molecule has 2 unspecified atom stereocenters. The Morgan fingerprint density at radius 1 is 1.05 bits per heavy atom. The number of nitrogens with two attached hydrogens (primary N) is 1. The molecule has 0 spiro atoms. The van der Waals surface area contributed by atoms with Crippen LogP contribution < -0.4 is 15.8 Å². The number of allylic oxidation sites excluding steroid dienone is 3. The van der Waals surface area contributed by atoms with Gasteiger partial charge >= 0.3 is 6.11 Å². The first kappa shape index (κ1) is 41.4. The molecule has 2 aromatic carbocycles. The van der Waals surface area contributed by atoms with Gasteiger partial charge in [0, 0.05) is 41.5 Å². The first-order chi connectivity index (χ1) is 27.9. The third kappa shape index (κ3) is 10.4. The van der Waals surface area contributed by atoms with Crippen molar-refractivity contribution in [1.29, 1.82) is 0 Å². The molecular formula is C43H43F4N7O4. The Labute approximate surface area is 333 Å². The number of aliphatic hydroxyl groups excluding tert-OH is 1. The Morgan fingerprint density at radius 2 is 1.83 bits per heavy atom. The standard InChI is InChI=1S/C43H43F4N7O4/c1-3-4-16-49-27(2)25-58-43(46,47)41-34-11-5-6-13-37(34)54(53-41)24-39(55)52-36(21-28-19-30(44)23-31(45)20-28)40-33(12-9-18-51-40)29-14-15-38(35(22-29)42(48)56)57-26-32-10-7-8-17-50-32/h3-4,7-10,12,14-20,22-23,25,36,39,52,55H,5-6,11,13,21,24,26H2,1-2H3,(H2,48,56)/b4-3-,27-25+,49-16-. The lowest BCUT2D eigenvalue weighted by molar-refractivity contribution is -0.218. The van der Waals surface area contributed by atoms with Gasteiger partial charge in [-0.25, -0.2) is 8.78 Å². The second kappa shape index (κ2) is 18.8. The highest BCUT2D eigenvalue weighted by Crippen LogP contribution is 2.37. The molecule has 0 fully saturated rings. The molecule has 2 atom stereocenters. The minimum Gasteiger partial charge on any atom is -0.486 e. The summed E-state index contributed by atoms with van der Waals surface area (Å²) in [5.41, 5.74) is 8.71. The number of aromatic nitrogens is 4. The smallest absolute Gasteiger partial charge is 0.445 e. The van der Waals surface area contributed by atoms with Gasteiger partial charge in [-0.3, -0.25) is 29.8 Å². The maximum Gasteiger partial charge on any atom is 0.445 e. The molecule has 15 heteroatoms. The minimum atomic E-state index is -3.79. The number of hydrogen-bond acceptors (Lipinski definition) is 9. The molecular weight excluding hydrogens is 755 g/mol. The van der Waals surface area contributed by atoms with Gasteiger partial charge in [0.1, 0.15) is 36.5 Å². The summed E-state index contributed by atoms with van der Waals surface area (Å²) in [6.45, 7) is 3.15. The summed E-state index contributed by atoms with van der Waals surface area (Å²) >= 11 is 0. The Balaban J connectivity index is 1.31. The van der Waals surface area contributed by atoms with Gasteiger partial charge in [0.2, 0.25) is 0 Å². The Morgan fingerprint density at radius 3 is 2.57 bits per heavy atom. The molecule has 3 aromatic heterocycles. The van der Waals surface area contributed by atoms with Gasteiger partial charge in [-0.2, -0.15) is 13.9 Å². The predicted molar refractivity (Wildman–Crippen MR) is 210 cm³/mol. The molecule has 0 bridgehead atoms. The van der Waals surface area contributed by atoms with Crippen LogP contribution in [-0.4, -0.2) is 43.2 Å². The number of aliphatic imine (C=N–C) groups is 1. The number of rotatable bonds is 17. The van der Waals surface area contributed by atoms with Crippen molar-refractivity contribution in [3.8, 4) is 16.9 Å². The molecule has 0 radical (unpaired) electrons. The second-order valence-electron chi connectivity index (χ2n) is 13.7. The van der Waals surface area contributed by atoms with Gasteiger partial charge in [0.15, 0.2) is 5.69 Å². The van der Waals surface area contributed by atoms with Crippen molar-refractivity contribution in [2.24, 2.45) is 10.7 Å². The van der Waals surface area contributed by atoms with Crippen molar-refractivity contribution in [2.45, 2.75) is 77.5 Å². The van der Waals surface area contributed by atoms with Crippen LogP contribution in [0.4, 0.5) is 17.6 Å². The molecule has 4 N–H and O–H groups in total. The van der Waals surface area contributed by atoms with E-state index in [0.717, 1.165) is 18.7 Å². The number of primary amides is 1. The van der Waals surface area contributed by atoms with Gasteiger partial charge in [0.05, 0.1) is 35.2 Å². The van der Waals surface area contributed by atoms with Crippen molar-refractivity contribution in [3.63, 3.8) is 0 Å². The summed E-state index contributed by atoms with van der Waals surface area (Å²) in [6, 6.07) is 15.8. The van der Waals surface area contributed by atoms with E-state index in [1.807, 2.05) is 6.07 Å². The van der Waals surface area contributed by atoms with Gasteiger partial charge in [-0.1, -0.05) is 24.3 Å². The third-order valence-corrected chi connectivity index (χ3v) is 9.39. The highest BCUT2D eigenvalue weighted by molar-refractivity contribution is 5.97. The summed E-state index contributed by atoms with van der Waals surface area (Å²) < 4.78 is 72.3. The summed E-state index contributed by atoms with van der Waals surface area (Å²) in [4.78, 5) is 25.6. The molecule has 1 amide bonds. The van der Waals surface area contributed by atoms with E-state index in [4.69, 9.17) is 15.2 Å². The number of amides is 1. The number of halogens is 4. The van der Waals surface area contributed by atoms with E-state index < -0.39 is 41.6 Å². The average Bonchev–Trinajstić information content (AvgIpc) is 3.58. The van der Waals surface area contributed by atoms with Crippen LogP contribution in [0.1, 0.15) is 77.0 Å². The van der Waals surface area contributed by atoms with E-state index in [-0.39, 0.29) is 42.1 Å². The zero-order valence-electron chi connectivity index (χ0n) is 31.9. The van der Waals surface area contributed by atoms with E-state index in [1.165, 1.54) is 36.1 Å². The largest absolute Gasteiger partial charge is 0.486 e. The van der Waals surface area contributed by atoms with Gasteiger partial charge in [-0.15, -0.1) is 0 Å². The summed E-state index contributed by atoms with van der Waals surface area (Å²) in [6.07, 6.45) is 5.82. The zero-order valence-corrected chi connectivity index (χ0v) is 31.9. The van der Waals surface area contributed by atoms with Crippen LogP contribution in [0, 0.1) is 11.6 Å². The van der Waals surface area contributed by atoms with Gasteiger partial charge in [-0.05, 0) is 106 Å². The minimum absolute atomic E-state index is 0.0553. The quantitative estimate of drug-likeness (QED) is 0.0376. The summed E-state index contributed by atoms with van der Waals surface area (Å²) in [5, 5.41) is 19.0. The number of pyridine rings is 2. The number of carbonyl (C=O) groups excluding carboxylic acids is 1. The van der Waals surface area contributed by atoms with Crippen LogP contribution in [0.25, 0.3) is 11.1 Å². The fourth-order valence-electron chi connectivity index (χ4n) is 6.79. The topological polar surface area (TPSA) is 150 Å². The molecule has 11 nitrogen and oxygen atoms in total. The summed E-state index contributed by atoms with van der Waals surface area (Å²) in [5.74, 6) is -2.10. The molecule has 302 valence electrons. The van der Waals surface area contributed by atoms with Crippen molar-refractivity contribution < 1.29 is 36.9 Å². The molecule has 0 saturated carbocycles. The molecule has 0 saturated heterocycles. The van der Waals surface area contributed by atoms with E-state index in [0.29, 0.717) is 53.0 Å². The molecule has 58 heavy (non-hydrogen) atoms. The maximum atomic E-state index is 15.6. The van der Waals surface area contributed by atoms with Gasteiger partial charge < -0.3 is 20.3 Å². The van der Waals surface area contributed by atoms with Crippen LogP contribution >= 0.6 is 0 Å². The highest BCUT2D eigenvalue weighted by Gasteiger charge is 2.42. The third-order valence-electron chi connectivity index (χ3n) is 9.39. The van der Waals surface area contributed by atoms with Crippen LogP contribution in [-0.2, 0) is 43.3 Å². The van der Waals surface area contributed by atoms with E-state index in [1.54, 1.807) is 67.7 Å². The number of alkyl halides is 2. The molecule has 0 aliphatic heterocycles. The SMILES string of the molecule is C\C=C/C=N\C(C)=C\OC(F)(F)c1nn(CC(O)NC(Cc2cc(F)cc(F)c2)c2ncccc2-c2ccc(OCc3ccccn3)c(C(N)=O)c2)c2c1CCCC2. The number of nitrogens with zero attached hydrogens (tertiary/aromatic N) is 5. The second-order valence-corrected chi connectivity index (χ2v) is 13.7. The molecule has 5 aromatic rings. The Hall–Kier alpha value is -6.19. The van der Waals surface area contributed by atoms with E-state index in [9.17, 15) is 18.7 Å². The zero-order chi connectivity index (χ0) is 41.2. The first-order valence-corrected chi connectivity index (χ1v) is 18.7. The number of benzene rings is 2. The Bertz CT molecular complexity index is 2290. The molecule has 1 aliphatic carbocycles. The number of carbonyl (C=O) groups is 1. The fourth-order valence-corrected chi connectivity index (χ4v) is 6.79. The average molecular weight is 798 g/mol. The van der Waals surface area contributed by atoms with Gasteiger partial charge in [0.25, 0.3) is 5.91 Å². The van der Waals surface area contributed by atoms with Crippen LogP contribution in [0.5, 0.6) is 5.75 Å². The first-order valence-electron chi connectivity index (χ1n) is 18.7. The summed E-state index contributed by atoms with van der Waals surface area (Å²) in [7, 11) is 0. The van der Waals surface area contributed by atoms with Crippen molar-refractivity contribution in [3.05, 3.63) is 154 Å². The number of ether oxygens (including phenoxy) is 2. The lowest BCUT2D eigenvalue weighted by Crippen LogP contribution is -2.38. The highest BCUT2D eigenvalue weighted by atomic mass is 19.3. The fraction of sp³-hybridized carbons (Fsp3) is 0.279. The Kier molecular flexibility index (Phi) is 13.5. The predicted octanol–water partition coefficient (Wildman–Crippen LogP) is 7.64.